The molecular weight excluding hydrogens is 396 g/mol. The number of H-pyrrole nitrogens is 1. The lowest BCUT2D eigenvalue weighted by atomic mass is 10.2. The minimum Gasteiger partial charge on any atom is -0.325 e. The van der Waals surface area contributed by atoms with Crippen molar-refractivity contribution in [3.8, 4) is 0 Å². The summed E-state index contributed by atoms with van der Waals surface area (Å²) in [6.07, 6.45) is 0. The number of benzene rings is 3. The van der Waals surface area contributed by atoms with E-state index in [1.165, 1.54) is 11.8 Å². The Morgan fingerprint density at radius 3 is 2.47 bits per heavy atom. The highest BCUT2D eigenvalue weighted by molar-refractivity contribution is 8.00. The summed E-state index contributed by atoms with van der Waals surface area (Å²) in [4.78, 5) is 33.3. The predicted molar refractivity (Wildman–Crippen MR) is 121 cm³/mol. The van der Waals surface area contributed by atoms with Gasteiger partial charge in [0.25, 0.3) is 5.91 Å². The molecular formula is C23H20N4O2S. The maximum atomic E-state index is 12.8. The van der Waals surface area contributed by atoms with Gasteiger partial charge in [0.15, 0.2) is 0 Å². The van der Waals surface area contributed by atoms with E-state index in [0.29, 0.717) is 11.5 Å². The molecule has 0 aliphatic rings. The molecule has 0 aliphatic heterocycles. The van der Waals surface area contributed by atoms with Gasteiger partial charge in [-0.15, -0.1) is 11.8 Å². The second kappa shape index (κ2) is 8.84. The smallest absolute Gasteiger partial charge is 0.259 e. The molecule has 3 aromatic carbocycles. The quantitative estimate of drug-likeness (QED) is 0.392. The van der Waals surface area contributed by atoms with Crippen LogP contribution in [-0.2, 0) is 4.79 Å². The van der Waals surface area contributed by atoms with Gasteiger partial charge in [-0.2, -0.15) is 0 Å². The SMILES string of the molecule is Cc1ccc(NC(=O)CSc2ccccc2C(=O)Nc2nc3ccccc3[nH]2)cc1. The van der Waals surface area contributed by atoms with Gasteiger partial charge in [0, 0.05) is 10.6 Å². The zero-order valence-corrected chi connectivity index (χ0v) is 17.1. The Morgan fingerprint density at radius 2 is 1.67 bits per heavy atom. The van der Waals surface area contributed by atoms with Gasteiger partial charge in [0.2, 0.25) is 11.9 Å². The molecule has 6 nitrogen and oxygen atoms in total. The van der Waals surface area contributed by atoms with Crippen LogP contribution in [0.2, 0.25) is 0 Å². The van der Waals surface area contributed by atoms with E-state index in [1.807, 2.05) is 67.6 Å². The number of amides is 2. The molecule has 4 aromatic rings. The van der Waals surface area contributed by atoms with Crippen LogP contribution in [-0.4, -0.2) is 27.5 Å². The number of aromatic amines is 1. The van der Waals surface area contributed by atoms with Gasteiger partial charge >= 0.3 is 0 Å². The Hall–Kier alpha value is -3.58. The maximum absolute atomic E-state index is 12.8. The standard InChI is InChI=1S/C23H20N4O2S/c1-15-10-12-16(13-11-15)24-21(28)14-30-20-9-5-2-6-17(20)22(29)27-23-25-18-7-3-4-8-19(18)26-23/h2-13H,14H2,1H3,(H,24,28)(H2,25,26,27,29). The number of hydrogen-bond donors (Lipinski definition) is 3. The van der Waals surface area contributed by atoms with E-state index in [2.05, 4.69) is 20.6 Å². The Morgan fingerprint density at radius 1 is 0.933 bits per heavy atom. The molecule has 0 saturated heterocycles. The van der Waals surface area contributed by atoms with E-state index < -0.39 is 0 Å². The summed E-state index contributed by atoms with van der Waals surface area (Å²) in [5, 5.41) is 5.67. The number of aromatic nitrogens is 2. The van der Waals surface area contributed by atoms with E-state index in [-0.39, 0.29) is 17.6 Å². The summed E-state index contributed by atoms with van der Waals surface area (Å²) in [5.41, 5.74) is 4.01. The minimum absolute atomic E-state index is 0.128. The molecule has 2 amide bonds. The first-order valence-electron chi connectivity index (χ1n) is 9.43. The summed E-state index contributed by atoms with van der Waals surface area (Å²) in [5.74, 6) is 0.175. The minimum atomic E-state index is -0.281. The molecule has 1 aromatic heterocycles. The van der Waals surface area contributed by atoms with Crippen LogP contribution in [0, 0.1) is 6.92 Å². The third-order valence-corrected chi connectivity index (χ3v) is 5.52. The summed E-state index contributed by atoms with van der Waals surface area (Å²) in [6, 6.07) is 22.4. The van der Waals surface area contributed by atoms with Crippen LogP contribution < -0.4 is 10.6 Å². The highest BCUT2D eigenvalue weighted by Crippen LogP contribution is 2.24. The monoisotopic (exact) mass is 416 g/mol. The van der Waals surface area contributed by atoms with E-state index >= 15 is 0 Å². The molecule has 0 saturated carbocycles. The van der Waals surface area contributed by atoms with Gasteiger partial charge in [0.1, 0.15) is 0 Å². The molecule has 150 valence electrons. The number of para-hydroxylation sites is 2. The molecule has 0 aliphatic carbocycles. The van der Waals surface area contributed by atoms with Crippen molar-refractivity contribution < 1.29 is 9.59 Å². The van der Waals surface area contributed by atoms with E-state index in [1.54, 1.807) is 12.1 Å². The van der Waals surface area contributed by atoms with Crippen LogP contribution in [0.4, 0.5) is 11.6 Å². The van der Waals surface area contributed by atoms with Gasteiger partial charge in [-0.3, -0.25) is 14.9 Å². The molecule has 4 rings (SSSR count). The summed E-state index contributed by atoms with van der Waals surface area (Å²) in [6.45, 7) is 1.99. The number of hydrogen-bond acceptors (Lipinski definition) is 4. The number of imidazole rings is 1. The second-order valence-electron chi connectivity index (χ2n) is 6.76. The molecule has 0 atom stereocenters. The first-order chi connectivity index (χ1) is 14.6. The molecule has 0 fully saturated rings. The number of aryl methyl sites for hydroxylation is 1. The van der Waals surface area contributed by atoms with Gasteiger partial charge in [0.05, 0.1) is 22.3 Å². The molecule has 0 bridgehead atoms. The van der Waals surface area contributed by atoms with Crippen LogP contribution >= 0.6 is 11.8 Å². The van der Waals surface area contributed by atoms with Crippen molar-refractivity contribution in [3.05, 3.63) is 83.9 Å². The molecule has 0 radical (unpaired) electrons. The number of nitrogens with zero attached hydrogens (tertiary/aromatic N) is 1. The fourth-order valence-electron chi connectivity index (χ4n) is 2.94. The van der Waals surface area contributed by atoms with Crippen molar-refractivity contribution in [1.29, 1.82) is 0 Å². The lowest BCUT2D eigenvalue weighted by Crippen LogP contribution is -2.16. The molecule has 0 unspecified atom stereocenters. The van der Waals surface area contributed by atoms with E-state index in [4.69, 9.17) is 0 Å². The molecule has 30 heavy (non-hydrogen) atoms. The molecule has 3 N–H and O–H groups in total. The topological polar surface area (TPSA) is 86.9 Å². The maximum Gasteiger partial charge on any atom is 0.259 e. The van der Waals surface area contributed by atoms with Gasteiger partial charge < -0.3 is 10.3 Å². The number of nitrogens with one attached hydrogen (secondary N) is 3. The second-order valence-corrected chi connectivity index (χ2v) is 7.77. The van der Waals surface area contributed by atoms with Crippen molar-refractivity contribution in [2.75, 3.05) is 16.4 Å². The van der Waals surface area contributed by atoms with Crippen molar-refractivity contribution in [1.82, 2.24) is 9.97 Å². The van der Waals surface area contributed by atoms with Gasteiger partial charge in [-0.25, -0.2) is 4.98 Å². The summed E-state index contributed by atoms with van der Waals surface area (Å²) in [7, 11) is 0. The number of rotatable bonds is 6. The Labute approximate surface area is 178 Å². The number of anilines is 2. The number of carbonyl (C=O) groups is 2. The fourth-order valence-corrected chi connectivity index (χ4v) is 3.79. The van der Waals surface area contributed by atoms with Crippen molar-refractivity contribution in [2.24, 2.45) is 0 Å². The van der Waals surface area contributed by atoms with Crippen LogP contribution in [0.1, 0.15) is 15.9 Å². The number of carbonyl (C=O) groups excluding carboxylic acids is 2. The van der Waals surface area contributed by atoms with E-state index in [0.717, 1.165) is 27.2 Å². The normalized spacial score (nSPS) is 10.7. The first kappa shape index (κ1) is 19.7. The highest BCUT2D eigenvalue weighted by Gasteiger charge is 2.14. The summed E-state index contributed by atoms with van der Waals surface area (Å²) >= 11 is 1.32. The Bertz CT molecular complexity index is 1170. The molecule has 7 heteroatoms. The average molecular weight is 417 g/mol. The van der Waals surface area contributed by atoms with Crippen LogP contribution in [0.3, 0.4) is 0 Å². The predicted octanol–water partition coefficient (Wildman–Crippen LogP) is 4.85. The Balaban J connectivity index is 1.42. The average Bonchev–Trinajstić information content (AvgIpc) is 3.16. The third kappa shape index (κ3) is 4.69. The van der Waals surface area contributed by atoms with Crippen molar-refractivity contribution >= 4 is 46.2 Å². The molecule has 1 heterocycles. The third-order valence-electron chi connectivity index (χ3n) is 4.45. The van der Waals surface area contributed by atoms with Crippen molar-refractivity contribution in [3.63, 3.8) is 0 Å². The highest BCUT2D eigenvalue weighted by atomic mass is 32.2. The zero-order chi connectivity index (χ0) is 20.9. The fraction of sp³-hybridized carbons (Fsp3) is 0.0870. The first-order valence-corrected chi connectivity index (χ1v) is 10.4. The van der Waals surface area contributed by atoms with Crippen molar-refractivity contribution in [2.45, 2.75) is 11.8 Å². The number of fused-ring (bicyclic) bond motifs is 1. The lowest BCUT2D eigenvalue weighted by Gasteiger charge is -2.09. The Kier molecular flexibility index (Phi) is 5.81. The number of thioether (sulfide) groups is 1. The van der Waals surface area contributed by atoms with E-state index in [9.17, 15) is 9.59 Å². The van der Waals surface area contributed by atoms with Crippen LogP contribution in [0.25, 0.3) is 11.0 Å². The van der Waals surface area contributed by atoms with Gasteiger partial charge in [-0.05, 0) is 43.3 Å². The van der Waals surface area contributed by atoms with Crippen LogP contribution in [0.15, 0.2) is 77.7 Å². The van der Waals surface area contributed by atoms with Gasteiger partial charge in [-0.1, -0.05) is 42.0 Å². The summed E-state index contributed by atoms with van der Waals surface area (Å²) < 4.78 is 0. The van der Waals surface area contributed by atoms with Crippen LogP contribution in [0.5, 0.6) is 0 Å². The zero-order valence-electron chi connectivity index (χ0n) is 16.3. The largest absolute Gasteiger partial charge is 0.325 e. The molecule has 0 spiro atoms. The lowest BCUT2D eigenvalue weighted by molar-refractivity contribution is -0.113.